The number of anilines is 3. The number of benzene rings is 2. The van der Waals surface area contributed by atoms with Crippen molar-refractivity contribution in [3.63, 3.8) is 0 Å². The summed E-state index contributed by atoms with van der Waals surface area (Å²) in [6.45, 7) is 11.6. The molecule has 1 amide bonds. The first kappa shape index (κ1) is 22.7. The van der Waals surface area contributed by atoms with Gasteiger partial charge in [0.05, 0.1) is 16.8 Å². The molecular formula is C26H33ClN4O. The van der Waals surface area contributed by atoms with E-state index in [0.29, 0.717) is 11.1 Å². The molecule has 0 bridgehead atoms. The second kappa shape index (κ2) is 9.16. The molecule has 2 aliphatic rings. The van der Waals surface area contributed by atoms with Crippen LogP contribution in [0.3, 0.4) is 0 Å². The van der Waals surface area contributed by atoms with E-state index in [2.05, 4.69) is 63.8 Å². The van der Waals surface area contributed by atoms with Gasteiger partial charge in [-0.1, -0.05) is 62.7 Å². The lowest BCUT2D eigenvalue weighted by Crippen LogP contribution is -2.52. The highest BCUT2D eigenvalue weighted by atomic mass is 35.5. The van der Waals surface area contributed by atoms with Crippen molar-refractivity contribution in [3.8, 4) is 0 Å². The molecule has 0 aliphatic carbocycles. The van der Waals surface area contributed by atoms with E-state index in [4.69, 9.17) is 11.6 Å². The zero-order valence-corrected chi connectivity index (χ0v) is 20.1. The molecule has 2 N–H and O–H groups in total. The second-order valence-corrected chi connectivity index (χ2v) is 10.2. The van der Waals surface area contributed by atoms with Crippen molar-refractivity contribution in [2.45, 2.75) is 39.8 Å². The molecule has 0 spiro atoms. The first-order chi connectivity index (χ1) is 15.2. The van der Waals surface area contributed by atoms with E-state index in [-0.39, 0.29) is 11.9 Å². The van der Waals surface area contributed by atoms with Crippen LogP contribution in [-0.4, -0.2) is 43.0 Å². The van der Waals surface area contributed by atoms with Crippen LogP contribution in [0.1, 0.15) is 39.3 Å². The van der Waals surface area contributed by atoms with Crippen LogP contribution in [0.2, 0.25) is 5.02 Å². The minimum atomic E-state index is -0.448. The summed E-state index contributed by atoms with van der Waals surface area (Å²) in [5.41, 5.74) is 3.85. The van der Waals surface area contributed by atoms with Crippen LogP contribution in [0.25, 0.3) is 0 Å². The molecule has 0 saturated carbocycles. The summed E-state index contributed by atoms with van der Waals surface area (Å²) in [6, 6.07) is 15.0. The molecule has 32 heavy (non-hydrogen) atoms. The quantitative estimate of drug-likeness (QED) is 0.598. The van der Waals surface area contributed by atoms with Crippen LogP contribution in [0.4, 0.5) is 17.1 Å². The number of piperazine rings is 1. The van der Waals surface area contributed by atoms with Crippen LogP contribution in [0.5, 0.6) is 0 Å². The van der Waals surface area contributed by atoms with Gasteiger partial charge < -0.3 is 15.5 Å². The minimum absolute atomic E-state index is 0.0190. The van der Waals surface area contributed by atoms with Crippen molar-refractivity contribution in [1.82, 2.24) is 4.90 Å². The minimum Gasteiger partial charge on any atom is -0.381 e. The van der Waals surface area contributed by atoms with Gasteiger partial charge in [-0.2, -0.15) is 0 Å². The molecule has 1 fully saturated rings. The number of carbonyl (C=O) groups is 1. The second-order valence-electron chi connectivity index (χ2n) is 9.75. The standard InChI is InChI=1S/C26H33ClN4O/c1-18-17-30(23-10-7-13-28-22-9-6-5-8-20(22)23)14-15-31(18)24-12-11-19(16-21(24)27)29-25(32)26(2,3)4/h5-12,16,18,23,28H,13-15,17H2,1-4H3,(H,29,32). The van der Waals surface area contributed by atoms with Gasteiger partial charge in [-0.05, 0) is 36.8 Å². The number of fused-ring (bicyclic) bond motifs is 1. The normalized spacial score (nSPS) is 21.5. The highest BCUT2D eigenvalue weighted by Crippen LogP contribution is 2.35. The van der Waals surface area contributed by atoms with Crippen molar-refractivity contribution in [2.75, 3.05) is 41.7 Å². The molecule has 2 unspecified atom stereocenters. The molecule has 2 aromatic carbocycles. The molecule has 4 rings (SSSR count). The Balaban J connectivity index is 1.48. The number of amides is 1. The fraction of sp³-hybridized carbons (Fsp3) is 0.423. The fourth-order valence-corrected chi connectivity index (χ4v) is 4.73. The zero-order valence-electron chi connectivity index (χ0n) is 19.4. The Labute approximate surface area is 196 Å². The SMILES string of the molecule is CC1CN(C2C=CCNc3ccccc32)CCN1c1ccc(NC(=O)C(C)(C)C)cc1Cl. The number of nitrogens with one attached hydrogen (secondary N) is 2. The predicted molar refractivity (Wildman–Crippen MR) is 135 cm³/mol. The third-order valence-electron chi connectivity index (χ3n) is 6.26. The van der Waals surface area contributed by atoms with E-state index >= 15 is 0 Å². The summed E-state index contributed by atoms with van der Waals surface area (Å²) in [7, 11) is 0. The molecule has 5 nitrogen and oxygen atoms in total. The van der Waals surface area contributed by atoms with Crippen molar-refractivity contribution < 1.29 is 4.79 Å². The molecular weight excluding hydrogens is 420 g/mol. The summed E-state index contributed by atoms with van der Waals surface area (Å²) >= 11 is 6.67. The number of carbonyl (C=O) groups excluding carboxylic acids is 1. The molecule has 0 aromatic heterocycles. The maximum Gasteiger partial charge on any atom is 0.229 e. The molecule has 2 atom stereocenters. The topological polar surface area (TPSA) is 47.6 Å². The van der Waals surface area contributed by atoms with Gasteiger partial charge in [0.15, 0.2) is 0 Å². The zero-order chi connectivity index (χ0) is 22.9. The molecule has 170 valence electrons. The van der Waals surface area contributed by atoms with Gasteiger partial charge in [0.1, 0.15) is 0 Å². The Kier molecular flexibility index (Phi) is 6.50. The first-order valence-corrected chi connectivity index (χ1v) is 11.7. The summed E-state index contributed by atoms with van der Waals surface area (Å²) in [6.07, 6.45) is 4.55. The summed E-state index contributed by atoms with van der Waals surface area (Å²) < 4.78 is 0. The monoisotopic (exact) mass is 452 g/mol. The maximum absolute atomic E-state index is 12.3. The van der Waals surface area contributed by atoms with Gasteiger partial charge in [-0.3, -0.25) is 9.69 Å². The average Bonchev–Trinajstić information content (AvgIpc) is 2.96. The van der Waals surface area contributed by atoms with Gasteiger partial charge in [0.25, 0.3) is 0 Å². The predicted octanol–water partition coefficient (Wildman–Crippen LogP) is 5.56. The van der Waals surface area contributed by atoms with E-state index in [1.165, 1.54) is 11.3 Å². The average molecular weight is 453 g/mol. The number of hydrogen-bond acceptors (Lipinski definition) is 4. The summed E-state index contributed by atoms with van der Waals surface area (Å²) in [5.74, 6) is -0.0190. The third kappa shape index (κ3) is 4.79. The number of hydrogen-bond donors (Lipinski definition) is 2. The largest absolute Gasteiger partial charge is 0.381 e. The van der Waals surface area contributed by atoms with Gasteiger partial charge in [-0.15, -0.1) is 0 Å². The van der Waals surface area contributed by atoms with Crippen LogP contribution in [-0.2, 0) is 4.79 Å². The first-order valence-electron chi connectivity index (χ1n) is 11.3. The molecule has 2 aromatic rings. The van der Waals surface area contributed by atoms with Crippen LogP contribution >= 0.6 is 11.6 Å². The number of halogens is 1. The van der Waals surface area contributed by atoms with Gasteiger partial charge in [0.2, 0.25) is 5.91 Å². The maximum atomic E-state index is 12.3. The van der Waals surface area contributed by atoms with Gasteiger partial charge in [-0.25, -0.2) is 0 Å². The lowest BCUT2D eigenvalue weighted by atomic mass is 9.95. The molecule has 6 heteroatoms. The van der Waals surface area contributed by atoms with Crippen LogP contribution in [0, 0.1) is 5.41 Å². The Bertz CT molecular complexity index is 1010. The smallest absolute Gasteiger partial charge is 0.229 e. The lowest BCUT2D eigenvalue weighted by Gasteiger charge is -2.44. The number of para-hydroxylation sites is 1. The Hall–Kier alpha value is -2.50. The van der Waals surface area contributed by atoms with Crippen molar-refractivity contribution in [3.05, 3.63) is 65.2 Å². The Morgan fingerprint density at radius 3 is 2.66 bits per heavy atom. The lowest BCUT2D eigenvalue weighted by molar-refractivity contribution is -0.123. The molecule has 2 heterocycles. The Morgan fingerprint density at radius 1 is 1.16 bits per heavy atom. The van der Waals surface area contributed by atoms with Gasteiger partial charge >= 0.3 is 0 Å². The van der Waals surface area contributed by atoms with Gasteiger partial charge in [0, 0.05) is 49.0 Å². The third-order valence-corrected chi connectivity index (χ3v) is 6.56. The van der Waals surface area contributed by atoms with Crippen molar-refractivity contribution >= 4 is 34.6 Å². The number of rotatable bonds is 3. The van der Waals surface area contributed by atoms with Crippen molar-refractivity contribution in [1.29, 1.82) is 0 Å². The summed E-state index contributed by atoms with van der Waals surface area (Å²) in [4.78, 5) is 17.2. The molecule has 0 radical (unpaired) electrons. The number of nitrogens with zero attached hydrogens (tertiary/aromatic N) is 2. The van der Waals surface area contributed by atoms with E-state index in [0.717, 1.165) is 37.6 Å². The highest BCUT2D eigenvalue weighted by molar-refractivity contribution is 6.33. The van der Waals surface area contributed by atoms with E-state index in [1.54, 1.807) is 0 Å². The van der Waals surface area contributed by atoms with Crippen molar-refractivity contribution in [2.24, 2.45) is 5.41 Å². The van der Waals surface area contributed by atoms with Crippen LogP contribution < -0.4 is 15.5 Å². The van der Waals surface area contributed by atoms with E-state index in [1.807, 2.05) is 39.0 Å². The van der Waals surface area contributed by atoms with Crippen LogP contribution in [0.15, 0.2) is 54.6 Å². The highest BCUT2D eigenvalue weighted by Gasteiger charge is 2.30. The molecule has 2 aliphatic heterocycles. The molecule has 1 saturated heterocycles. The Morgan fingerprint density at radius 2 is 1.94 bits per heavy atom. The summed E-state index contributed by atoms with van der Waals surface area (Å²) in [5, 5.41) is 7.14. The van der Waals surface area contributed by atoms with E-state index < -0.39 is 5.41 Å². The van der Waals surface area contributed by atoms with E-state index in [9.17, 15) is 4.79 Å². The fourth-order valence-electron chi connectivity index (χ4n) is 4.44.